The molecule has 1 N–H and O–H groups in total. The van der Waals surface area contributed by atoms with E-state index in [4.69, 9.17) is 0 Å². The van der Waals surface area contributed by atoms with E-state index in [0.29, 0.717) is 19.6 Å². The molecule has 1 rings (SSSR count). The lowest BCUT2D eigenvalue weighted by atomic mass is 10.2. The maximum absolute atomic E-state index is 12.4. The molecule has 0 heterocycles. The largest absolute Gasteiger partial charge is 0.353 e. The molecule has 0 aliphatic rings. The molecule has 0 aromatic heterocycles. The van der Waals surface area contributed by atoms with Crippen molar-refractivity contribution < 1.29 is 13.2 Å². The minimum Gasteiger partial charge on any atom is -0.353 e. The van der Waals surface area contributed by atoms with Crippen molar-refractivity contribution in [2.75, 3.05) is 19.6 Å². The van der Waals surface area contributed by atoms with Crippen LogP contribution >= 0.6 is 0 Å². The molecule has 0 bridgehead atoms. The van der Waals surface area contributed by atoms with Crippen molar-refractivity contribution in [2.45, 2.75) is 38.5 Å². The highest BCUT2D eigenvalue weighted by Crippen LogP contribution is 2.16. The van der Waals surface area contributed by atoms with Crippen LogP contribution in [0.2, 0.25) is 0 Å². The molecule has 0 spiro atoms. The molecule has 1 aromatic rings. The molecule has 0 atom stereocenters. The van der Waals surface area contributed by atoms with Gasteiger partial charge in [-0.05, 0) is 30.2 Å². The monoisotopic (exact) mass is 338 g/mol. The van der Waals surface area contributed by atoms with Crippen molar-refractivity contribution in [1.82, 2.24) is 9.62 Å². The summed E-state index contributed by atoms with van der Waals surface area (Å²) >= 11 is 0. The number of carbonyl (C=O) groups is 1. The number of rotatable bonds is 9. The molecule has 5 nitrogen and oxygen atoms in total. The van der Waals surface area contributed by atoms with Gasteiger partial charge in [0.2, 0.25) is 15.9 Å². The zero-order valence-corrected chi connectivity index (χ0v) is 14.9. The number of hydrogen-bond donors (Lipinski definition) is 1. The molecule has 1 aromatic carbocycles. The Hall–Kier alpha value is -1.66. The Balaban J connectivity index is 2.75. The number of hydrogen-bond acceptors (Lipinski definition) is 3. The molecule has 0 saturated carbocycles. The second kappa shape index (κ2) is 9.47. The minimum absolute atomic E-state index is 0.140. The van der Waals surface area contributed by atoms with Gasteiger partial charge < -0.3 is 5.32 Å². The topological polar surface area (TPSA) is 66.5 Å². The molecule has 0 saturated heterocycles. The van der Waals surface area contributed by atoms with Crippen LogP contribution in [0.4, 0.5) is 0 Å². The number of nitrogens with one attached hydrogen (secondary N) is 1. The van der Waals surface area contributed by atoms with Crippen molar-refractivity contribution >= 4 is 22.0 Å². The third-order valence-corrected chi connectivity index (χ3v) is 5.54. The first-order valence-corrected chi connectivity index (χ1v) is 9.45. The molecule has 23 heavy (non-hydrogen) atoms. The van der Waals surface area contributed by atoms with E-state index in [1.165, 1.54) is 10.4 Å². The molecule has 0 aliphatic heterocycles. The molecule has 6 heteroatoms. The Kier molecular flexibility index (Phi) is 7.98. The van der Waals surface area contributed by atoms with Gasteiger partial charge in [-0.3, -0.25) is 4.79 Å². The second-order valence-corrected chi connectivity index (χ2v) is 7.07. The fraction of sp³-hybridized carbons (Fsp3) is 0.471. The quantitative estimate of drug-likeness (QED) is 0.556. The minimum atomic E-state index is -3.43. The van der Waals surface area contributed by atoms with Gasteiger partial charge in [0.25, 0.3) is 0 Å². The molecule has 0 aliphatic carbocycles. The highest BCUT2D eigenvalue weighted by atomic mass is 32.2. The van der Waals surface area contributed by atoms with Crippen LogP contribution in [0.15, 0.2) is 35.2 Å². The molecule has 0 radical (unpaired) electrons. The number of carbonyl (C=O) groups excluding carboxylic acids is 1. The van der Waals surface area contributed by atoms with E-state index < -0.39 is 10.0 Å². The van der Waals surface area contributed by atoms with Crippen LogP contribution in [0.3, 0.4) is 0 Å². The number of sulfonamides is 1. The summed E-state index contributed by atoms with van der Waals surface area (Å²) in [5, 5.41) is 2.79. The lowest BCUT2D eigenvalue weighted by Gasteiger charge is -2.18. The fourth-order valence-corrected chi connectivity index (χ4v) is 3.54. The summed E-state index contributed by atoms with van der Waals surface area (Å²) in [7, 11) is -3.43. The third-order valence-electron chi connectivity index (χ3n) is 3.48. The van der Waals surface area contributed by atoms with Crippen molar-refractivity contribution in [2.24, 2.45) is 0 Å². The van der Waals surface area contributed by atoms with Crippen LogP contribution in [0, 0.1) is 0 Å². The summed E-state index contributed by atoms with van der Waals surface area (Å²) in [6.07, 6.45) is 5.13. The summed E-state index contributed by atoms with van der Waals surface area (Å²) in [4.78, 5) is 11.9. The highest BCUT2D eigenvalue weighted by Gasteiger charge is 2.20. The van der Waals surface area contributed by atoms with E-state index in [1.807, 2.05) is 13.8 Å². The van der Waals surface area contributed by atoms with E-state index in [-0.39, 0.29) is 10.8 Å². The Labute approximate surface area is 139 Å². The third kappa shape index (κ3) is 5.80. The number of amides is 1. The predicted molar refractivity (Wildman–Crippen MR) is 93.5 cm³/mol. The summed E-state index contributed by atoms with van der Waals surface area (Å²) in [5.41, 5.74) is 0.786. The predicted octanol–water partition coefficient (Wildman–Crippen LogP) is 2.65. The first-order chi connectivity index (χ1) is 11.0. The lowest BCUT2D eigenvalue weighted by molar-refractivity contribution is -0.116. The van der Waals surface area contributed by atoms with Crippen LogP contribution < -0.4 is 5.32 Å². The summed E-state index contributed by atoms with van der Waals surface area (Å²) in [5.74, 6) is -0.140. The van der Waals surface area contributed by atoms with Gasteiger partial charge in [0.1, 0.15) is 0 Å². The zero-order valence-electron chi connectivity index (χ0n) is 14.1. The van der Waals surface area contributed by atoms with Gasteiger partial charge in [0.15, 0.2) is 0 Å². The number of unbranched alkanes of at least 4 members (excludes halogenated alkanes) is 1. The van der Waals surface area contributed by atoms with Crippen LogP contribution in [0.1, 0.15) is 39.2 Å². The normalized spacial score (nSPS) is 12.0. The first kappa shape index (κ1) is 19.4. The fourth-order valence-electron chi connectivity index (χ4n) is 2.08. The average Bonchev–Trinajstić information content (AvgIpc) is 2.54. The van der Waals surface area contributed by atoms with Crippen LogP contribution in [0.5, 0.6) is 0 Å². The van der Waals surface area contributed by atoms with E-state index in [0.717, 1.165) is 18.4 Å². The number of nitrogens with zero attached hydrogens (tertiary/aromatic N) is 1. The first-order valence-electron chi connectivity index (χ1n) is 8.01. The van der Waals surface area contributed by atoms with Gasteiger partial charge in [0, 0.05) is 25.7 Å². The van der Waals surface area contributed by atoms with Gasteiger partial charge in [0.05, 0.1) is 4.90 Å². The van der Waals surface area contributed by atoms with Crippen LogP contribution in [-0.4, -0.2) is 38.3 Å². The van der Waals surface area contributed by atoms with Crippen molar-refractivity contribution in [3.8, 4) is 0 Å². The SMILES string of the molecule is CCCCNC(=O)/C=C/c1ccc(S(=O)(=O)N(CC)CC)cc1. The van der Waals surface area contributed by atoms with Gasteiger partial charge in [-0.2, -0.15) is 4.31 Å². The van der Waals surface area contributed by atoms with Gasteiger partial charge in [-0.1, -0.05) is 39.3 Å². The molecule has 1 amide bonds. The maximum atomic E-state index is 12.4. The van der Waals surface area contributed by atoms with Crippen molar-refractivity contribution in [1.29, 1.82) is 0 Å². The summed E-state index contributed by atoms with van der Waals surface area (Å²) in [6.45, 7) is 7.25. The molecular weight excluding hydrogens is 312 g/mol. The smallest absolute Gasteiger partial charge is 0.243 e. The number of benzene rings is 1. The summed E-state index contributed by atoms with van der Waals surface area (Å²) in [6, 6.07) is 6.54. The molecular formula is C17H26N2O3S. The van der Waals surface area contributed by atoms with Crippen LogP contribution in [-0.2, 0) is 14.8 Å². The lowest BCUT2D eigenvalue weighted by Crippen LogP contribution is -2.30. The maximum Gasteiger partial charge on any atom is 0.243 e. The Morgan fingerprint density at radius 2 is 1.74 bits per heavy atom. The van der Waals surface area contributed by atoms with Crippen molar-refractivity contribution in [3.63, 3.8) is 0 Å². The van der Waals surface area contributed by atoms with Crippen LogP contribution in [0.25, 0.3) is 6.08 Å². The van der Waals surface area contributed by atoms with E-state index >= 15 is 0 Å². The van der Waals surface area contributed by atoms with Crippen molar-refractivity contribution in [3.05, 3.63) is 35.9 Å². The molecule has 128 valence electrons. The highest BCUT2D eigenvalue weighted by molar-refractivity contribution is 7.89. The van der Waals surface area contributed by atoms with E-state index in [9.17, 15) is 13.2 Å². The zero-order chi connectivity index (χ0) is 17.3. The molecule has 0 unspecified atom stereocenters. The Morgan fingerprint density at radius 1 is 1.13 bits per heavy atom. The van der Waals surface area contributed by atoms with E-state index in [1.54, 1.807) is 30.3 Å². The summed E-state index contributed by atoms with van der Waals surface area (Å²) < 4.78 is 26.1. The van der Waals surface area contributed by atoms with E-state index in [2.05, 4.69) is 12.2 Å². The molecule has 0 fully saturated rings. The van der Waals surface area contributed by atoms with Gasteiger partial charge in [-0.15, -0.1) is 0 Å². The Bertz CT molecular complexity index is 618. The average molecular weight is 338 g/mol. The standard InChI is InChI=1S/C17H26N2O3S/c1-4-7-14-18-17(20)13-10-15-8-11-16(12-9-15)23(21,22)19(5-2)6-3/h8-13H,4-7,14H2,1-3H3,(H,18,20)/b13-10+. The second-order valence-electron chi connectivity index (χ2n) is 5.14. The van der Waals surface area contributed by atoms with Gasteiger partial charge in [-0.25, -0.2) is 8.42 Å². The van der Waals surface area contributed by atoms with Gasteiger partial charge >= 0.3 is 0 Å². The Morgan fingerprint density at radius 3 is 2.26 bits per heavy atom.